The molecule has 0 aromatic heterocycles. The molecular formula is C17H34N2O. The first kappa shape index (κ1) is 16.3. The number of hydrogen-bond donors (Lipinski definition) is 3. The standard InChI is InChI=1S/C17H34N2O/c1-3-13-6-8-15(16(18)10-13)9-7-14-5-4-12(2)17(11-14)19-20/h12-17,19-20H,3-11,18H2,1-2H3. The monoisotopic (exact) mass is 282 g/mol. The van der Waals surface area contributed by atoms with Crippen LogP contribution >= 0.6 is 0 Å². The Balaban J connectivity index is 1.72. The smallest absolute Gasteiger partial charge is 0.0347 e. The van der Waals surface area contributed by atoms with Crippen molar-refractivity contribution < 1.29 is 5.21 Å². The van der Waals surface area contributed by atoms with Crippen LogP contribution in [0.4, 0.5) is 0 Å². The van der Waals surface area contributed by atoms with E-state index in [9.17, 15) is 5.21 Å². The SMILES string of the molecule is CCC1CCC(CCC2CCC(C)C(NO)C2)C(N)C1. The summed E-state index contributed by atoms with van der Waals surface area (Å²) in [5, 5.41) is 9.22. The zero-order valence-electron chi connectivity index (χ0n) is 13.4. The van der Waals surface area contributed by atoms with Gasteiger partial charge in [0.15, 0.2) is 0 Å². The fourth-order valence-corrected chi connectivity index (χ4v) is 4.39. The second-order valence-electron chi connectivity index (χ2n) is 7.48. The van der Waals surface area contributed by atoms with Crippen LogP contribution in [0.15, 0.2) is 0 Å². The van der Waals surface area contributed by atoms with Crippen LogP contribution in [0.3, 0.4) is 0 Å². The minimum absolute atomic E-state index is 0.304. The number of nitrogens with one attached hydrogen (secondary N) is 1. The largest absolute Gasteiger partial charge is 0.327 e. The predicted octanol–water partition coefficient (Wildman–Crippen LogP) is 3.70. The molecule has 3 nitrogen and oxygen atoms in total. The van der Waals surface area contributed by atoms with Crippen molar-refractivity contribution in [2.75, 3.05) is 0 Å². The van der Waals surface area contributed by atoms with E-state index >= 15 is 0 Å². The van der Waals surface area contributed by atoms with Gasteiger partial charge >= 0.3 is 0 Å². The Morgan fingerprint density at radius 2 is 1.80 bits per heavy atom. The second-order valence-corrected chi connectivity index (χ2v) is 7.48. The quantitative estimate of drug-likeness (QED) is 0.674. The van der Waals surface area contributed by atoms with E-state index in [1.54, 1.807) is 0 Å². The van der Waals surface area contributed by atoms with Gasteiger partial charge in [-0.3, -0.25) is 0 Å². The molecule has 2 rings (SSSR count). The molecule has 0 aromatic carbocycles. The third-order valence-electron chi connectivity index (χ3n) is 6.15. The lowest BCUT2D eigenvalue weighted by atomic mass is 9.72. The highest BCUT2D eigenvalue weighted by Crippen LogP contribution is 2.36. The van der Waals surface area contributed by atoms with Gasteiger partial charge in [-0.25, -0.2) is 5.48 Å². The Labute approximate surface area is 124 Å². The summed E-state index contributed by atoms with van der Waals surface area (Å²) in [5.74, 6) is 3.02. The molecule has 2 aliphatic carbocycles. The van der Waals surface area contributed by atoms with E-state index in [2.05, 4.69) is 19.3 Å². The summed E-state index contributed by atoms with van der Waals surface area (Å²) in [6.07, 6.45) is 11.6. The normalized spacial score (nSPS) is 42.6. The van der Waals surface area contributed by atoms with Gasteiger partial charge in [0.25, 0.3) is 0 Å². The molecule has 20 heavy (non-hydrogen) atoms. The van der Waals surface area contributed by atoms with E-state index < -0.39 is 0 Å². The van der Waals surface area contributed by atoms with Gasteiger partial charge in [0.1, 0.15) is 0 Å². The molecule has 2 saturated carbocycles. The van der Waals surface area contributed by atoms with E-state index in [1.807, 2.05) is 0 Å². The molecule has 3 heteroatoms. The van der Waals surface area contributed by atoms with Crippen LogP contribution in [0.5, 0.6) is 0 Å². The third-order valence-corrected chi connectivity index (χ3v) is 6.15. The predicted molar refractivity (Wildman–Crippen MR) is 83.5 cm³/mol. The maximum atomic E-state index is 9.22. The highest BCUT2D eigenvalue weighted by molar-refractivity contribution is 4.85. The van der Waals surface area contributed by atoms with Crippen molar-refractivity contribution in [1.29, 1.82) is 0 Å². The van der Waals surface area contributed by atoms with Gasteiger partial charge in [0, 0.05) is 12.1 Å². The number of hydrogen-bond acceptors (Lipinski definition) is 3. The number of hydroxylamine groups is 1. The Hall–Kier alpha value is -0.120. The summed E-state index contributed by atoms with van der Waals surface area (Å²) in [4.78, 5) is 0. The molecule has 0 amide bonds. The zero-order chi connectivity index (χ0) is 14.5. The van der Waals surface area contributed by atoms with Crippen molar-refractivity contribution >= 4 is 0 Å². The lowest BCUT2D eigenvalue weighted by Gasteiger charge is -2.37. The van der Waals surface area contributed by atoms with Crippen LogP contribution in [0.1, 0.15) is 71.6 Å². The van der Waals surface area contributed by atoms with E-state index in [-0.39, 0.29) is 0 Å². The molecule has 0 heterocycles. The Morgan fingerprint density at radius 3 is 2.45 bits per heavy atom. The summed E-state index contributed by atoms with van der Waals surface area (Å²) in [7, 11) is 0. The van der Waals surface area contributed by atoms with Gasteiger partial charge in [-0.15, -0.1) is 0 Å². The molecule has 0 bridgehead atoms. The van der Waals surface area contributed by atoms with Crippen LogP contribution in [0.2, 0.25) is 0 Å². The van der Waals surface area contributed by atoms with Crippen LogP contribution in [0.25, 0.3) is 0 Å². The molecule has 4 N–H and O–H groups in total. The van der Waals surface area contributed by atoms with Crippen molar-refractivity contribution in [3.63, 3.8) is 0 Å². The highest BCUT2D eigenvalue weighted by atomic mass is 16.5. The molecule has 0 aliphatic heterocycles. The third kappa shape index (κ3) is 4.19. The molecule has 0 aromatic rings. The van der Waals surface area contributed by atoms with Crippen LogP contribution in [-0.2, 0) is 0 Å². The van der Waals surface area contributed by atoms with Crippen LogP contribution in [-0.4, -0.2) is 17.3 Å². The topological polar surface area (TPSA) is 58.3 Å². The van der Waals surface area contributed by atoms with Gasteiger partial charge in [0.05, 0.1) is 0 Å². The molecule has 2 fully saturated rings. The highest BCUT2D eigenvalue weighted by Gasteiger charge is 2.30. The summed E-state index contributed by atoms with van der Waals surface area (Å²) < 4.78 is 0. The molecule has 6 unspecified atom stereocenters. The van der Waals surface area contributed by atoms with E-state index in [0.29, 0.717) is 18.0 Å². The minimum atomic E-state index is 0.304. The van der Waals surface area contributed by atoms with E-state index in [0.717, 1.165) is 24.2 Å². The van der Waals surface area contributed by atoms with Crippen molar-refractivity contribution in [2.45, 2.75) is 83.7 Å². The maximum absolute atomic E-state index is 9.22. The van der Waals surface area contributed by atoms with Gasteiger partial charge in [0.2, 0.25) is 0 Å². The van der Waals surface area contributed by atoms with Crippen LogP contribution < -0.4 is 11.2 Å². The first-order valence-corrected chi connectivity index (χ1v) is 8.79. The lowest BCUT2D eigenvalue weighted by Crippen LogP contribution is -2.39. The van der Waals surface area contributed by atoms with Gasteiger partial charge in [-0.2, -0.15) is 0 Å². The Bertz CT molecular complexity index is 284. The van der Waals surface area contributed by atoms with E-state index in [4.69, 9.17) is 5.73 Å². The average molecular weight is 282 g/mol. The zero-order valence-corrected chi connectivity index (χ0v) is 13.4. The molecule has 0 radical (unpaired) electrons. The van der Waals surface area contributed by atoms with Crippen molar-refractivity contribution in [2.24, 2.45) is 29.4 Å². The second kappa shape index (κ2) is 7.77. The van der Waals surface area contributed by atoms with Crippen molar-refractivity contribution in [1.82, 2.24) is 5.48 Å². The molecule has 2 aliphatic rings. The summed E-state index contributed by atoms with van der Waals surface area (Å²) >= 11 is 0. The van der Waals surface area contributed by atoms with Crippen molar-refractivity contribution in [3.05, 3.63) is 0 Å². The molecule has 118 valence electrons. The summed E-state index contributed by atoms with van der Waals surface area (Å²) in [5.41, 5.74) is 8.90. The lowest BCUT2D eigenvalue weighted by molar-refractivity contribution is 0.0612. The summed E-state index contributed by atoms with van der Waals surface area (Å²) in [6.45, 7) is 4.54. The van der Waals surface area contributed by atoms with E-state index in [1.165, 1.54) is 51.4 Å². The molecule has 6 atom stereocenters. The van der Waals surface area contributed by atoms with Gasteiger partial charge in [-0.05, 0) is 55.8 Å². The van der Waals surface area contributed by atoms with Crippen LogP contribution in [0, 0.1) is 23.7 Å². The summed E-state index contributed by atoms with van der Waals surface area (Å²) in [6, 6.07) is 0.737. The fraction of sp³-hybridized carbons (Fsp3) is 1.00. The van der Waals surface area contributed by atoms with Gasteiger partial charge in [-0.1, -0.05) is 39.5 Å². The average Bonchev–Trinajstić information content (AvgIpc) is 2.47. The number of rotatable bonds is 5. The fourth-order valence-electron chi connectivity index (χ4n) is 4.39. The Kier molecular flexibility index (Phi) is 6.31. The first-order chi connectivity index (χ1) is 9.63. The molecule has 0 spiro atoms. The Morgan fingerprint density at radius 1 is 1.05 bits per heavy atom. The molecular weight excluding hydrogens is 248 g/mol. The van der Waals surface area contributed by atoms with Crippen molar-refractivity contribution in [3.8, 4) is 0 Å². The first-order valence-electron chi connectivity index (χ1n) is 8.79. The number of nitrogens with two attached hydrogens (primary N) is 1. The maximum Gasteiger partial charge on any atom is 0.0347 e. The van der Waals surface area contributed by atoms with Gasteiger partial charge < -0.3 is 10.9 Å². The molecule has 0 saturated heterocycles. The minimum Gasteiger partial charge on any atom is -0.327 e.